The van der Waals surface area contributed by atoms with Crippen molar-refractivity contribution in [3.8, 4) is 5.75 Å². The normalized spacial score (nSPS) is 9.96. The van der Waals surface area contributed by atoms with Gasteiger partial charge in [-0.1, -0.05) is 23.2 Å². The van der Waals surface area contributed by atoms with E-state index in [0.717, 1.165) is 0 Å². The van der Waals surface area contributed by atoms with Gasteiger partial charge in [0.25, 0.3) is 0 Å². The number of anilines is 2. The fourth-order valence-corrected chi connectivity index (χ4v) is 2.46. The van der Waals surface area contributed by atoms with Crippen LogP contribution in [0.5, 0.6) is 5.75 Å². The van der Waals surface area contributed by atoms with Gasteiger partial charge in [-0.2, -0.15) is 0 Å². The lowest BCUT2D eigenvalue weighted by molar-refractivity contribution is -0.136. The highest BCUT2D eigenvalue weighted by Gasteiger charge is 2.15. The van der Waals surface area contributed by atoms with Gasteiger partial charge < -0.3 is 20.7 Å². The Kier molecular flexibility index (Phi) is 6.82. The maximum absolute atomic E-state index is 11.8. The van der Waals surface area contributed by atoms with E-state index >= 15 is 0 Å². The quantitative estimate of drug-likeness (QED) is 0.678. The van der Waals surface area contributed by atoms with Crippen molar-refractivity contribution in [3.05, 3.63) is 52.5 Å². The van der Waals surface area contributed by atoms with Crippen LogP contribution in [0.1, 0.15) is 0 Å². The van der Waals surface area contributed by atoms with Crippen molar-refractivity contribution in [1.29, 1.82) is 0 Å². The number of halogens is 2. The number of hydrogen-bond acceptors (Lipinski definition) is 4. The summed E-state index contributed by atoms with van der Waals surface area (Å²) in [6, 6.07) is 11.0. The van der Waals surface area contributed by atoms with E-state index in [0.29, 0.717) is 21.5 Å². The molecule has 0 atom stereocenters. The Balaban J connectivity index is 1.82. The zero-order valence-electron chi connectivity index (χ0n) is 13.6. The summed E-state index contributed by atoms with van der Waals surface area (Å²) in [6.45, 7) is -0.366. The standard InChI is InChI=1S/C17H15Cl2N3O4/c1-26-14-4-2-12(3-5-14)21-15(23)9-20-16(24)17(25)22-13-7-10(18)6-11(19)8-13/h2-8H,9H2,1H3,(H,20,24)(H,21,23)(H,22,25). The van der Waals surface area contributed by atoms with Crippen molar-refractivity contribution in [2.24, 2.45) is 0 Å². The van der Waals surface area contributed by atoms with Crippen LogP contribution in [-0.2, 0) is 14.4 Å². The molecule has 0 aliphatic heterocycles. The predicted octanol–water partition coefficient (Wildman–Crippen LogP) is 2.70. The van der Waals surface area contributed by atoms with E-state index in [2.05, 4.69) is 16.0 Å². The van der Waals surface area contributed by atoms with E-state index in [9.17, 15) is 14.4 Å². The average Bonchev–Trinajstić information content (AvgIpc) is 2.59. The molecule has 0 aliphatic carbocycles. The number of rotatable bonds is 5. The van der Waals surface area contributed by atoms with Gasteiger partial charge in [-0.3, -0.25) is 14.4 Å². The smallest absolute Gasteiger partial charge is 0.313 e. The molecule has 3 N–H and O–H groups in total. The van der Waals surface area contributed by atoms with Gasteiger partial charge in [0.2, 0.25) is 5.91 Å². The molecule has 0 aliphatic rings. The van der Waals surface area contributed by atoms with Crippen molar-refractivity contribution in [1.82, 2.24) is 5.32 Å². The lowest BCUT2D eigenvalue weighted by atomic mass is 10.3. The van der Waals surface area contributed by atoms with Crippen LogP contribution in [0, 0.1) is 0 Å². The molecule has 0 unspecified atom stereocenters. The van der Waals surface area contributed by atoms with E-state index in [1.54, 1.807) is 24.3 Å². The van der Waals surface area contributed by atoms with Gasteiger partial charge in [-0.05, 0) is 42.5 Å². The van der Waals surface area contributed by atoms with Crippen LogP contribution in [0.2, 0.25) is 10.0 Å². The summed E-state index contributed by atoms with van der Waals surface area (Å²) in [6.07, 6.45) is 0. The molecule has 2 rings (SSSR count). The summed E-state index contributed by atoms with van der Waals surface area (Å²) < 4.78 is 5.01. The number of carbonyl (C=O) groups excluding carboxylic acids is 3. The topological polar surface area (TPSA) is 96.5 Å². The maximum Gasteiger partial charge on any atom is 0.313 e. The van der Waals surface area contributed by atoms with Crippen molar-refractivity contribution in [2.45, 2.75) is 0 Å². The second kappa shape index (κ2) is 9.07. The maximum atomic E-state index is 11.8. The Bertz CT molecular complexity index is 805. The minimum atomic E-state index is -0.967. The molecule has 0 heterocycles. The number of methoxy groups -OCH3 is 1. The van der Waals surface area contributed by atoms with Crippen LogP contribution in [0.4, 0.5) is 11.4 Å². The second-order valence-electron chi connectivity index (χ2n) is 5.07. The molecule has 9 heteroatoms. The molecule has 0 aromatic heterocycles. The lowest BCUT2D eigenvalue weighted by Crippen LogP contribution is -2.39. The summed E-state index contributed by atoms with van der Waals surface area (Å²) in [7, 11) is 1.53. The first-order valence-corrected chi connectivity index (χ1v) is 8.12. The largest absolute Gasteiger partial charge is 0.497 e. The second-order valence-corrected chi connectivity index (χ2v) is 5.94. The van der Waals surface area contributed by atoms with Gasteiger partial charge in [0.1, 0.15) is 5.75 Å². The van der Waals surface area contributed by atoms with Crippen molar-refractivity contribution in [3.63, 3.8) is 0 Å². The lowest BCUT2D eigenvalue weighted by Gasteiger charge is -2.08. The third-order valence-corrected chi connectivity index (χ3v) is 3.55. The number of hydrogen-bond donors (Lipinski definition) is 3. The van der Waals surface area contributed by atoms with Gasteiger partial charge in [-0.25, -0.2) is 0 Å². The molecule has 0 spiro atoms. The Labute approximate surface area is 159 Å². The first kappa shape index (κ1) is 19.6. The van der Waals surface area contributed by atoms with Crippen LogP contribution < -0.4 is 20.7 Å². The van der Waals surface area contributed by atoms with Crippen LogP contribution in [0.15, 0.2) is 42.5 Å². The van der Waals surface area contributed by atoms with Gasteiger partial charge in [0, 0.05) is 21.4 Å². The van der Waals surface area contributed by atoms with E-state index in [1.807, 2.05) is 0 Å². The van der Waals surface area contributed by atoms with Gasteiger partial charge in [0.15, 0.2) is 0 Å². The van der Waals surface area contributed by atoms with E-state index in [-0.39, 0.29) is 12.2 Å². The van der Waals surface area contributed by atoms with E-state index in [1.165, 1.54) is 25.3 Å². The van der Waals surface area contributed by atoms with Crippen LogP contribution in [0.25, 0.3) is 0 Å². The molecule has 0 fully saturated rings. The van der Waals surface area contributed by atoms with Crippen LogP contribution in [0.3, 0.4) is 0 Å². The summed E-state index contributed by atoms with van der Waals surface area (Å²) >= 11 is 11.6. The van der Waals surface area contributed by atoms with Gasteiger partial charge in [0.05, 0.1) is 13.7 Å². The molecular weight excluding hydrogens is 381 g/mol. The first-order valence-electron chi connectivity index (χ1n) is 7.36. The third kappa shape index (κ3) is 5.94. The third-order valence-electron chi connectivity index (χ3n) is 3.11. The molecule has 3 amide bonds. The van der Waals surface area contributed by atoms with Crippen molar-refractivity contribution in [2.75, 3.05) is 24.3 Å². The van der Waals surface area contributed by atoms with E-state index in [4.69, 9.17) is 27.9 Å². The Morgan fingerprint density at radius 2 is 1.50 bits per heavy atom. The molecule has 26 heavy (non-hydrogen) atoms. The predicted molar refractivity (Wildman–Crippen MR) is 99.7 cm³/mol. The minimum Gasteiger partial charge on any atom is -0.497 e. The highest BCUT2D eigenvalue weighted by Crippen LogP contribution is 2.22. The fourth-order valence-electron chi connectivity index (χ4n) is 1.93. The van der Waals surface area contributed by atoms with Crippen LogP contribution in [-0.4, -0.2) is 31.4 Å². The molecule has 7 nitrogen and oxygen atoms in total. The van der Waals surface area contributed by atoms with Crippen molar-refractivity contribution < 1.29 is 19.1 Å². The summed E-state index contributed by atoms with van der Waals surface area (Å²) in [5.41, 5.74) is 0.799. The van der Waals surface area contributed by atoms with Gasteiger partial charge in [-0.15, -0.1) is 0 Å². The number of carbonyl (C=O) groups is 3. The molecule has 2 aromatic carbocycles. The Morgan fingerprint density at radius 1 is 0.885 bits per heavy atom. The number of benzene rings is 2. The van der Waals surface area contributed by atoms with Gasteiger partial charge >= 0.3 is 11.8 Å². The molecule has 136 valence electrons. The number of ether oxygens (including phenoxy) is 1. The summed E-state index contributed by atoms with van der Waals surface area (Å²) in [4.78, 5) is 35.4. The fraction of sp³-hybridized carbons (Fsp3) is 0.118. The molecule has 0 saturated heterocycles. The summed E-state index contributed by atoms with van der Waals surface area (Å²) in [5.74, 6) is -1.75. The minimum absolute atomic E-state index is 0.269. The number of amides is 3. The molecule has 0 saturated carbocycles. The van der Waals surface area contributed by atoms with Crippen LogP contribution >= 0.6 is 23.2 Å². The zero-order valence-corrected chi connectivity index (χ0v) is 15.1. The Hall–Kier alpha value is -2.77. The number of nitrogens with one attached hydrogen (secondary N) is 3. The Morgan fingerprint density at radius 3 is 2.08 bits per heavy atom. The molecule has 0 radical (unpaired) electrons. The monoisotopic (exact) mass is 395 g/mol. The highest BCUT2D eigenvalue weighted by molar-refractivity contribution is 6.40. The summed E-state index contributed by atoms with van der Waals surface area (Å²) in [5, 5.41) is 7.77. The van der Waals surface area contributed by atoms with Crippen molar-refractivity contribution >= 4 is 52.3 Å². The molecule has 0 bridgehead atoms. The molecule has 2 aromatic rings. The first-order chi connectivity index (χ1) is 12.4. The SMILES string of the molecule is COc1ccc(NC(=O)CNC(=O)C(=O)Nc2cc(Cl)cc(Cl)c2)cc1. The highest BCUT2D eigenvalue weighted by atomic mass is 35.5. The van der Waals surface area contributed by atoms with E-state index < -0.39 is 17.7 Å². The average molecular weight is 396 g/mol. The zero-order chi connectivity index (χ0) is 19.1. The molecular formula is C17H15Cl2N3O4.